The van der Waals surface area contributed by atoms with E-state index in [1.165, 1.54) is 0 Å². The van der Waals surface area contributed by atoms with Crippen LogP contribution in [0.3, 0.4) is 0 Å². The lowest BCUT2D eigenvalue weighted by Crippen LogP contribution is -2.31. The molecule has 0 aliphatic carbocycles. The van der Waals surface area contributed by atoms with Gasteiger partial charge in [0, 0.05) is 6.61 Å². The molecule has 3 heteroatoms. The van der Waals surface area contributed by atoms with Gasteiger partial charge in [-0.3, -0.25) is 0 Å². The van der Waals surface area contributed by atoms with E-state index in [-0.39, 0.29) is 6.10 Å². The van der Waals surface area contributed by atoms with Crippen molar-refractivity contribution in [3.8, 4) is 0 Å². The highest BCUT2D eigenvalue weighted by Crippen LogP contribution is 2.10. The first kappa shape index (κ1) is 6.99. The summed E-state index contributed by atoms with van der Waals surface area (Å²) in [6, 6.07) is 0. The summed E-state index contributed by atoms with van der Waals surface area (Å²) in [4.78, 5) is 9.42. The molecule has 1 unspecified atom stereocenters. The standard InChI is InChI=1S/C6H12O3/c1-2-8-9-5-6-3-4-7-6/h6H,2-5H2,1H3. The lowest BCUT2D eigenvalue weighted by molar-refractivity contribution is -0.312. The molecule has 0 saturated carbocycles. The first-order valence-corrected chi connectivity index (χ1v) is 3.29. The van der Waals surface area contributed by atoms with Gasteiger partial charge in [-0.1, -0.05) is 0 Å². The highest BCUT2D eigenvalue weighted by molar-refractivity contribution is 4.63. The van der Waals surface area contributed by atoms with Gasteiger partial charge in [0.2, 0.25) is 0 Å². The van der Waals surface area contributed by atoms with Gasteiger partial charge in [0.05, 0.1) is 12.7 Å². The van der Waals surface area contributed by atoms with Gasteiger partial charge in [-0.15, -0.1) is 0 Å². The van der Waals surface area contributed by atoms with Crippen LogP contribution in [0, 0.1) is 0 Å². The van der Waals surface area contributed by atoms with Crippen molar-refractivity contribution in [3.63, 3.8) is 0 Å². The Labute approximate surface area is 54.8 Å². The third-order valence-corrected chi connectivity index (χ3v) is 1.25. The highest BCUT2D eigenvalue weighted by atomic mass is 17.2. The minimum Gasteiger partial charge on any atom is -0.376 e. The third kappa shape index (κ3) is 2.30. The average molecular weight is 132 g/mol. The molecule has 3 nitrogen and oxygen atoms in total. The molecule has 1 aliphatic heterocycles. The van der Waals surface area contributed by atoms with Crippen molar-refractivity contribution in [1.29, 1.82) is 0 Å². The van der Waals surface area contributed by atoms with E-state index < -0.39 is 0 Å². The first-order chi connectivity index (χ1) is 4.43. The molecule has 0 aromatic heterocycles. The van der Waals surface area contributed by atoms with E-state index in [2.05, 4.69) is 4.89 Å². The summed E-state index contributed by atoms with van der Waals surface area (Å²) in [5.41, 5.74) is 0. The minimum atomic E-state index is 0.288. The Kier molecular flexibility index (Phi) is 2.97. The summed E-state index contributed by atoms with van der Waals surface area (Å²) < 4.78 is 5.07. The zero-order valence-corrected chi connectivity index (χ0v) is 5.63. The molecule has 1 rings (SSSR count). The van der Waals surface area contributed by atoms with Crippen LogP contribution in [0.1, 0.15) is 13.3 Å². The van der Waals surface area contributed by atoms with Crippen LogP contribution in [0.25, 0.3) is 0 Å². The zero-order valence-electron chi connectivity index (χ0n) is 5.63. The fraction of sp³-hybridized carbons (Fsp3) is 1.00. The van der Waals surface area contributed by atoms with E-state index >= 15 is 0 Å². The highest BCUT2D eigenvalue weighted by Gasteiger charge is 2.17. The molecule has 9 heavy (non-hydrogen) atoms. The van der Waals surface area contributed by atoms with Gasteiger partial charge in [0.1, 0.15) is 6.61 Å². The van der Waals surface area contributed by atoms with Crippen LogP contribution in [0.5, 0.6) is 0 Å². The fourth-order valence-corrected chi connectivity index (χ4v) is 0.623. The van der Waals surface area contributed by atoms with Gasteiger partial charge >= 0.3 is 0 Å². The Morgan fingerprint density at radius 2 is 2.33 bits per heavy atom. The molecule has 0 amide bonds. The maximum absolute atomic E-state index is 5.07. The summed E-state index contributed by atoms with van der Waals surface area (Å²) in [6.07, 6.45) is 1.39. The Morgan fingerprint density at radius 3 is 2.78 bits per heavy atom. The third-order valence-electron chi connectivity index (χ3n) is 1.25. The van der Waals surface area contributed by atoms with E-state index in [1.54, 1.807) is 0 Å². The maximum Gasteiger partial charge on any atom is 0.108 e. The lowest BCUT2D eigenvalue weighted by atomic mass is 10.2. The molecular weight excluding hydrogens is 120 g/mol. The van der Waals surface area contributed by atoms with E-state index in [0.717, 1.165) is 13.0 Å². The molecule has 1 fully saturated rings. The van der Waals surface area contributed by atoms with Crippen LogP contribution in [0.4, 0.5) is 0 Å². The SMILES string of the molecule is CCOOCC1CCO1. The number of hydrogen-bond acceptors (Lipinski definition) is 3. The van der Waals surface area contributed by atoms with Gasteiger partial charge in [0.25, 0.3) is 0 Å². The van der Waals surface area contributed by atoms with Gasteiger partial charge in [-0.25, -0.2) is 9.78 Å². The molecule has 1 heterocycles. The van der Waals surface area contributed by atoms with Gasteiger partial charge in [-0.05, 0) is 13.3 Å². The molecule has 1 aliphatic rings. The predicted octanol–water partition coefficient (Wildman–Crippen LogP) is 0.743. The Morgan fingerprint density at radius 1 is 1.56 bits per heavy atom. The summed E-state index contributed by atoms with van der Waals surface area (Å²) >= 11 is 0. The summed E-state index contributed by atoms with van der Waals surface area (Å²) in [5.74, 6) is 0. The fourth-order valence-electron chi connectivity index (χ4n) is 0.623. The molecule has 0 radical (unpaired) electrons. The second kappa shape index (κ2) is 3.82. The van der Waals surface area contributed by atoms with E-state index in [4.69, 9.17) is 9.62 Å². The molecule has 1 saturated heterocycles. The van der Waals surface area contributed by atoms with Crippen molar-refractivity contribution in [3.05, 3.63) is 0 Å². The minimum absolute atomic E-state index is 0.288. The van der Waals surface area contributed by atoms with Crippen LogP contribution >= 0.6 is 0 Å². The predicted molar refractivity (Wildman–Crippen MR) is 31.9 cm³/mol. The summed E-state index contributed by atoms with van der Waals surface area (Å²) in [6.45, 7) is 3.95. The molecule has 0 aromatic carbocycles. The van der Waals surface area contributed by atoms with E-state index in [9.17, 15) is 0 Å². The summed E-state index contributed by atoms with van der Waals surface area (Å²) in [5, 5.41) is 0. The quantitative estimate of drug-likeness (QED) is 0.321. The Bertz CT molecular complexity index is 70.7. The van der Waals surface area contributed by atoms with E-state index in [1.807, 2.05) is 6.92 Å². The summed E-state index contributed by atoms with van der Waals surface area (Å²) in [7, 11) is 0. The van der Waals surface area contributed by atoms with Crippen LogP contribution in [0.15, 0.2) is 0 Å². The monoisotopic (exact) mass is 132 g/mol. The smallest absolute Gasteiger partial charge is 0.108 e. The zero-order chi connectivity index (χ0) is 6.53. The first-order valence-electron chi connectivity index (χ1n) is 3.29. The second-order valence-corrected chi connectivity index (χ2v) is 1.97. The molecule has 0 bridgehead atoms. The Balaban J connectivity index is 1.80. The molecule has 0 aromatic rings. The molecule has 0 N–H and O–H groups in total. The normalized spacial score (nSPS) is 25.7. The molecule has 0 spiro atoms. The Hall–Kier alpha value is -0.120. The molecular formula is C6H12O3. The van der Waals surface area contributed by atoms with Crippen LogP contribution < -0.4 is 0 Å². The van der Waals surface area contributed by atoms with Crippen molar-refractivity contribution >= 4 is 0 Å². The van der Waals surface area contributed by atoms with Crippen LogP contribution in [-0.2, 0) is 14.5 Å². The van der Waals surface area contributed by atoms with Gasteiger partial charge in [-0.2, -0.15) is 0 Å². The number of hydrogen-bond donors (Lipinski definition) is 0. The lowest BCUT2D eigenvalue weighted by Gasteiger charge is -2.25. The van der Waals surface area contributed by atoms with Gasteiger partial charge < -0.3 is 4.74 Å². The molecule has 1 atom stereocenters. The van der Waals surface area contributed by atoms with Crippen molar-refractivity contribution in [1.82, 2.24) is 0 Å². The van der Waals surface area contributed by atoms with E-state index in [0.29, 0.717) is 13.2 Å². The van der Waals surface area contributed by atoms with Crippen molar-refractivity contribution in [2.45, 2.75) is 19.4 Å². The van der Waals surface area contributed by atoms with Crippen LogP contribution in [0.2, 0.25) is 0 Å². The maximum atomic E-state index is 5.07. The van der Waals surface area contributed by atoms with Crippen molar-refractivity contribution in [2.24, 2.45) is 0 Å². The second-order valence-electron chi connectivity index (χ2n) is 1.97. The van der Waals surface area contributed by atoms with Gasteiger partial charge in [0.15, 0.2) is 0 Å². The number of rotatable bonds is 4. The largest absolute Gasteiger partial charge is 0.376 e. The number of ether oxygens (including phenoxy) is 1. The topological polar surface area (TPSA) is 27.7 Å². The molecule has 54 valence electrons. The average Bonchev–Trinajstić information content (AvgIpc) is 1.76. The van der Waals surface area contributed by atoms with Crippen molar-refractivity contribution < 1.29 is 14.5 Å². The van der Waals surface area contributed by atoms with Crippen molar-refractivity contribution in [2.75, 3.05) is 19.8 Å². The van der Waals surface area contributed by atoms with Crippen LogP contribution in [-0.4, -0.2) is 25.9 Å².